The van der Waals surface area contributed by atoms with Crippen molar-refractivity contribution in [2.24, 2.45) is 0 Å². The Hall–Kier alpha value is -2.32. The highest BCUT2D eigenvalue weighted by atomic mass is 19.4. The molecule has 0 atom stereocenters. The molecular formula is C11H13F3N4O2. The minimum absolute atomic E-state index is 0.00989. The van der Waals surface area contributed by atoms with Crippen LogP contribution in [0.5, 0.6) is 0 Å². The predicted molar refractivity (Wildman–Crippen MR) is 64.7 cm³/mol. The van der Waals surface area contributed by atoms with Crippen LogP contribution in [0.4, 0.5) is 18.9 Å². The molecule has 1 aromatic heterocycles. The third-order valence-corrected chi connectivity index (χ3v) is 2.09. The maximum Gasteiger partial charge on any atom is 0.408 e. The van der Waals surface area contributed by atoms with Crippen LogP contribution in [-0.2, 0) is 16.1 Å². The quantitative estimate of drug-likeness (QED) is 0.770. The lowest BCUT2D eigenvalue weighted by molar-refractivity contribution is -0.142. The Bertz CT molecular complexity index is 496. The molecule has 0 bridgehead atoms. The van der Waals surface area contributed by atoms with Gasteiger partial charge in [-0.1, -0.05) is 6.58 Å². The van der Waals surface area contributed by atoms with Crippen molar-refractivity contribution in [3.8, 4) is 0 Å². The van der Waals surface area contributed by atoms with Crippen LogP contribution in [0.3, 0.4) is 0 Å². The van der Waals surface area contributed by atoms with E-state index in [9.17, 15) is 22.8 Å². The number of alkyl halides is 3. The molecule has 2 amide bonds. The summed E-state index contributed by atoms with van der Waals surface area (Å²) in [5.41, 5.74) is 0.161. The molecule has 20 heavy (non-hydrogen) atoms. The molecule has 0 aliphatic rings. The van der Waals surface area contributed by atoms with Gasteiger partial charge in [-0.3, -0.25) is 14.3 Å². The Morgan fingerprint density at radius 1 is 1.45 bits per heavy atom. The molecule has 110 valence electrons. The molecule has 9 heteroatoms. The van der Waals surface area contributed by atoms with Gasteiger partial charge in [0.25, 0.3) is 0 Å². The first-order valence-electron chi connectivity index (χ1n) is 5.59. The molecule has 1 rings (SSSR count). The zero-order valence-electron chi connectivity index (χ0n) is 10.4. The Morgan fingerprint density at radius 2 is 2.15 bits per heavy atom. The van der Waals surface area contributed by atoms with E-state index in [1.165, 1.54) is 0 Å². The highest BCUT2D eigenvalue weighted by molar-refractivity contribution is 5.91. The number of carbonyl (C=O) groups excluding carboxylic acids is 2. The Labute approximate surface area is 112 Å². The van der Waals surface area contributed by atoms with E-state index in [-0.39, 0.29) is 18.7 Å². The van der Waals surface area contributed by atoms with Crippen LogP contribution in [0.2, 0.25) is 0 Å². The Kier molecular flexibility index (Phi) is 5.30. The van der Waals surface area contributed by atoms with Crippen LogP contribution < -0.4 is 10.6 Å². The van der Waals surface area contributed by atoms with Crippen molar-refractivity contribution in [1.82, 2.24) is 15.1 Å². The summed E-state index contributed by atoms with van der Waals surface area (Å²) < 4.78 is 37.0. The van der Waals surface area contributed by atoms with E-state index in [0.29, 0.717) is 4.68 Å². The topological polar surface area (TPSA) is 76.0 Å². The fraction of sp³-hybridized carbons (Fsp3) is 0.364. The van der Waals surface area contributed by atoms with Crippen molar-refractivity contribution in [2.75, 3.05) is 11.9 Å². The standard InChI is InChI=1S/C11H13F3N4O2/c1-2-9(19)15-4-3-10(20)17-8-5-16-18(6-8)7-11(12,13)14/h2,5-6H,1,3-4,7H2,(H,15,19)(H,17,20). The second kappa shape index (κ2) is 6.73. The molecule has 0 radical (unpaired) electrons. The third-order valence-electron chi connectivity index (χ3n) is 2.09. The van der Waals surface area contributed by atoms with Gasteiger partial charge >= 0.3 is 6.18 Å². The van der Waals surface area contributed by atoms with Gasteiger partial charge in [-0.15, -0.1) is 0 Å². The lowest BCUT2D eigenvalue weighted by atomic mass is 10.3. The predicted octanol–water partition coefficient (Wildman–Crippen LogP) is 1.08. The number of rotatable bonds is 6. The van der Waals surface area contributed by atoms with E-state index in [1.807, 2.05) is 0 Å². The first-order chi connectivity index (χ1) is 9.30. The lowest BCUT2D eigenvalue weighted by Gasteiger charge is -2.05. The average molecular weight is 290 g/mol. The molecule has 1 aromatic rings. The Morgan fingerprint density at radius 3 is 2.75 bits per heavy atom. The van der Waals surface area contributed by atoms with E-state index >= 15 is 0 Å². The largest absolute Gasteiger partial charge is 0.408 e. The molecule has 0 aliphatic carbocycles. The summed E-state index contributed by atoms with van der Waals surface area (Å²) in [5.74, 6) is -0.850. The maximum atomic E-state index is 12.1. The highest BCUT2D eigenvalue weighted by Crippen LogP contribution is 2.18. The zero-order chi connectivity index (χ0) is 15.2. The second-order valence-electron chi connectivity index (χ2n) is 3.84. The number of hydrogen-bond acceptors (Lipinski definition) is 3. The summed E-state index contributed by atoms with van der Waals surface area (Å²) in [5, 5.41) is 8.25. The SMILES string of the molecule is C=CC(=O)NCCC(=O)Nc1cnn(CC(F)(F)F)c1. The fourth-order valence-electron chi connectivity index (χ4n) is 1.29. The van der Waals surface area contributed by atoms with Crippen LogP contribution in [0.1, 0.15) is 6.42 Å². The number of nitrogens with one attached hydrogen (secondary N) is 2. The fourth-order valence-corrected chi connectivity index (χ4v) is 1.29. The lowest BCUT2D eigenvalue weighted by Crippen LogP contribution is -2.25. The van der Waals surface area contributed by atoms with Crippen molar-refractivity contribution >= 4 is 17.5 Å². The summed E-state index contributed by atoms with van der Waals surface area (Å²) in [6, 6.07) is 0. The number of carbonyl (C=O) groups is 2. The van der Waals surface area contributed by atoms with Crippen molar-refractivity contribution in [3.63, 3.8) is 0 Å². The van der Waals surface area contributed by atoms with Gasteiger partial charge in [0, 0.05) is 19.2 Å². The van der Waals surface area contributed by atoms with Crippen molar-refractivity contribution in [2.45, 2.75) is 19.1 Å². The van der Waals surface area contributed by atoms with Gasteiger partial charge in [0.1, 0.15) is 6.54 Å². The normalized spacial score (nSPS) is 10.9. The van der Waals surface area contributed by atoms with E-state index in [0.717, 1.165) is 18.5 Å². The smallest absolute Gasteiger partial charge is 0.352 e. The van der Waals surface area contributed by atoms with Crippen LogP contribution in [0.15, 0.2) is 25.0 Å². The summed E-state index contributed by atoms with van der Waals surface area (Å²) >= 11 is 0. The van der Waals surface area contributed by atoms with Crippen molar-refractivity contribution in [1.29, 1.82) is 0 Å². The first-order valence-corrected chi connectivity index (χ1v) is 5.59. The zero-order valence-corrected chi connectivity index (χ0v) is 10.4. The monoisotopic (exact) mass is 290 g/mol. The third kappa shape index (κ3) is 6.03. The number of amides is 2. The van der Waals surface area contributed by atoms with Crippen LogP contribution in [0.25, 0.3) is 0 Å². The number of aromatic nitrogens is 2. The minimum Gasteiger partial charge on any atom is -0.352 e. The van der Waals surface area contributed by atoms with Gasteiger partial charge < -0.3 is 10.6 Å². The molecule has 2 N–H and O–H groups in total. The molecule has 1 heterocycles. The van der Waals surface area contributed by atoms with Gasteiger partial charge in [0.15, 0.2) is 0 Å². The molecule has 0 aliphatic heterocycles. The molecule has 6 nitrogen and oxygen atoms in total. The summed E-state index contributed by atoms with van der Waals surface area (Å²) in [4.78, 5) is 22.2. The molecule has 0 spiro atoms. The van der Waals surface area contributed by atoms with Crippen LogP contribution in [-0.4, -0.2) is 34.3 Å². The second-order valence-corrected chi connectivity index (χ2v) is 3.84. The van der Waals surface area contributed by atoms with E-state index < -0.39 is 24.5 Å². The van der Waals surface area contributed by atoms with Gasteiger partial charge in [-0.05, 0) is 6.08 Å². The van der Waals surface area contributed by atoms with Crippen molar-refractivity contribution in [3.05, 3.63) is 25.0 Å². The highest BCUT2D eigenvalue weighted by Gasteiger charge is 2.28. The number of halogens is 3. The molecular weight excluding hydrogens is 277 g/mol. The van der Waals surface area contributed by atoms with Gasteiger partial charge in [0.05, 0.1) is 11.9 Å². The first kappa shape index (κ1) is 15.7. The number of hydrogen-bond donors (Lipinski definition) is 2. The maximum absolute atomic E-state index is 12.1. The van der Waals surface area contributed by atoms with Crippen LogP contribution >= 0.6 is 0 Å². The van der Waals surface area contributed by atoms with Gasteiger partial charge in [-0.25, -0.2) is 0 Å². The number of anilines is 1. The molecule has 0 fully saturated rings. The minimum atomic E-state index is -4.37. The van der Waals surface area contributed by atoms with E-state index in [4.69, 9.17) is 0 Å². The van der Waals surface area contributed by atoms with Crippen LogP contribution in [0, 0.1) is 0 Å². The number of nitrogens with zero attached hydrogens (tertiary/aromatic N) is 2. The van der Waals surface area contributed by atoms with Gasteiger partial charge in [-0.2, -0.15) is 18.3 Å². The summed E-state index contributed by atoms with van der Waals surface area (Å²) in [7, 11) is 0. The summed E-state index contributed by atoms with van der Waals surface area (Å²) in [6.07, 6.45) is -1.12. The average Bonchev–Trinajstić information content (AvgIpc) is 2.73. The molecule has 0 saturated heterocycles. The molecule has 0 unspecified atom stereocenters. The van der Waals surface area contributed by atoms with Crippen molar-refractivity contribution < 1.29 is 22.8 Å². The molecule has 0 saturated carbocycles. The van der Waals surface area contributed by atoms with E-state index in [1.54, 1.807) is 0 Å². The summed E-state index contributed by atoms with van der Waals surface area (Å²) in [6.45, 7) is 2.12. The van der Waals surface area contributed by atoms with E-state index in [2.05, 4.69) is 22.3 Å². The Balaban J connectivity index is 2.39. The van der Waals surface area contributed by atoms with Gasteiger partial charge in [0.2, 0.25) is 11.8 Å². The molecule has 0 aromatic carbocycles.